The summed E-state index contributed by atoms with van der Waals surface area (Å²) in [5.41, 5.74) is 2.43. The molecule has 2 nitrogen and oxygen atoms in total. The quantitative estimate of drug-likeness (QED) is 0.857. The van der Waals surface area contributed by atoms with Gasteiger partial charge in [0.05, 0.1) is 0 Å². The van der Waals surface area contributed by atoms with Crippen molar-refractivity contribution in [1.82, 2.24) is 0 Å². The molecular formula is C13H15ClO2. The predicted octanol–water partition coefficient (Wildman–Crippen LogP) is 3.48. The normalized spacial score (nSPS) is 23.9. The van der Waals surface area contributed by atoms with Crippen molar-refractivity contribution in [3.63, 3.8) is 0 Å². The number of carbonyl (C=O) groups is 1. The van der Waals surface area contributed by atoms with Crippen molar-refractivity contribution < 1.29 is 9.90 Å². The van der Waals surface area contributed by atoms with Gasteiger partial charge in [0.25, 0.3) is 0 Å². The average molecular weight is 239 g/mol. The molecule has 1 aromatic rings. The van der Waals surface area contributed by atoms with Crippen LogP contribution in [0.1, 0.15) is 36.8 Å². The third-order valence-electron chi connectivity index (χ3n) is 3.53. The van der Waals surface area contributed by atoms with E-state index in [1.54, 1.807) is 0 Å². The van der Waals surface area contributed by atoms with Gasteiger partial charge in [-0.2, -0.15) is 0 Å². The molecule has 1 aliphatic carbocycles. The highest BCUT2D eigenvalue weighted by atomic mass is 35.5. The molecule has 86 valence electrons. The number of fused-ring (bicyclic) bond motifs is 1. The van der Waals surface area contributed by atoms with E-state index in [0.717, 1.165) is 23.4 Å². The molecule has 0 bridgehead atoms. The van der Waals surface area contributed by atoms with Crippen LogP contribution in [0.5, 0.6) is 0 Å². The third-order valence-corrected chi connectivity index (χ3v) is 3.86. The first-order valence-corrected chi connectivity index (χ1v) is 5.96. The second-order valence-electron chi connectivity index (χ2n) is 4.50. The number of hydrogen-bond donors (Lipinski definition) is 1. The highest BCUT2D eigenvalue weighted by Crippen LogP contribution is 2.41. The Balaban J connectivity index is 2.30. The molecule has 0 fully saturated rings. The second kappa shape index (κ2) is 4.46. The number of aryl methyl sites for hydroxylation is 1. The zero-order valence-corrected chi connectivity index (χ0v) is 10.00. The van der Waals surface area contributed by atoms with E-state index in [1.165, 1.54) is 5.56 Å². The van der Waals surface area contributed by atoms with E-state index in [0.29, 0.717) is 0 Å². The maximum Gasteiger partial charge on any atom is 0.303 e. The van der Waals surface area contributed by atoms with E-state index in [2.05, 4.69) is 13.0 Å². The Kier molecular flexibility index (Phi) is 3.20. The van der Waals surface area contributed by atoms with Crippen LogP contribution in [0.3, 0.4) is 0 Å². The minimum Gasteiger partial charge on any atom is -0.481 e. The van der Waals surface area contributed by atoms with Gasteiger partial charge in [-0.1, -0.05) is 30.7 Å². The molecule has 0 aromatic heterocycles. The number of aliphatic carboxylic acids is 1. The maximum absolute atomic E-state index is 10.8. The smallest absolute Gasteiger partial charge is 0.303 e. The molecule has 0 spiro atoms. The van der Waals surface area contributed by atoms with Gasteiger partial charge in [0, 0.05) is 11.4 Å². The number of carboxylic acids is 1. The molecule has 16 heavy (non-hydrogen) atoms. The van der Waals surface area contributed by atoms with Gasteiger partial charge in [0.1, 0.15) is 0 Å². The number of benzene rings is 1. The fourth-order valence-corrected chi connectivity index (χ4v) is 3.01. The van der Waals surface area contributed by atoms with Crippen molar-refractivity contribution in [2.75, 3.05) is 0 Å². The SMILES string of the molecule is CC1c2c(Cl)cccc2CCC1CC(=O)O. The Morgan fingerprint density at radius 2 is 2.31 bits per heavy atom. The van der Waals surface area contributed by atoms with Gasteiger partial charge < -0.3 is 5.11 Å². The Morgan fingerprint density at radius 3 is 3.00 bits per heavy atom. The van der Waals surface area contributed by atoms with Gasteiger partial charge in [-0.15, -0.1) is 0 Å². The first-order chi connectivity index (χ1) is 7.59. The molecule has 2 rings (SSSR count). The average Bonchev–Trinajstić information content (AvgIpc) is 2.22. The molecular weight excluding hydrogens is 224 g/mol. The largest absolute Gasteiger partial charge is 0.481 e. The molecule has 0 heterocycles. The summed E-state index contributed by atoms with van der Waals surface area (Å²) in [5, 5.41) is 9.65. The monoisotopic (exact) mass is 238 g/mol. The van der Waals surface area contributed by atoms with Crippen LogP contribution in [0.2, 0.25) is 5.02 Å². The fourth-order valence-electron chi connectivity index (χ4n) is 2.64. The summed E-state index contributed by atoms with van der Waals surface area (Å²) in [6.07, 6.45) is 2.13. The lowest BCUT2D eigenvalue weighted by molar-refractivity contribution is -0.138. The molecule has 1 aromatic carbocycles. The summed E-state index contributed by atoms with van der Waals surface area (Å²) in [7, 11) is 0. The number of rotatable bonds is 2. The van der Waals surface area contributed by atoms with Crippen LogP contribution >= 0.6 is 11.6 Å². The molecule has 2 unspecified atom stereocenters. The van der Waals surface area contributed by atoms with Crippen molar-refractivity contribution in [2.45, 2.75) is 32.1 Å². The molecule has 2 atom stereocenters. The van der Waals surface area contributed by atoms with Crippen LogP contribution in [0.25, 0.3) is 0 Å². The minimum absolute atomic E-state index is 0.213. The van der Waals surface area contributed by atoms with Crippen molar-refractivity contribution in [1.29, 1.82) is 0 Å². The number of hydrogen-bond acceptors (Lipinski definition) is 1. The lowest BCUT2D eigenvalue weighted by Gasteiger charge is -2.31. The standard InChI is InChI=1S/C13H15ClO2/c1-8-10(7-12(15)16)6-5-9-3-2-4-11(14)13(8)9/h2-4,8,10H,5-7H2,1H3,(H,15,16). The van der Waals surface area contributed by atoms with E-state index < -0.39 is 5.97 Å². The lowest BCUT2D eigenvalue weighted by atomic mass is 9.74. The first-order valence-electron chi connectivity index (χ1n) is 5.58. The van der Waals surface area contributed by atoms with Crippen LogP contribution in [0.4, 0.5) is 0 Å². The van der Waals surface area contributed by atoms with Gasteiger partial charge in [0.15, 0.2) is 0 Å². The second-order valence-corrected chi connectivity index (χ2v) is 4.91. The van der Waals surface area contributed by atoms with Crippen LogP contribution < -0.4 is 0 Å². The highest BCUT2D eigenvalue weighted by molar-refractivity contribution is 6.31. The molecule has 1 aliphatic rings. The lowest BCUT2D eigenvalue weighted by Crippen LogP contribution is -2.21. The van der Waals surface area contributed by atoms with E-state index in [4.69, 9.17) is 16.7 Å². The fraction of sp³-hybridized carbons (Fsp3) is 0.462. The topological polar surface area (TPSA) is 37.3 Å². The predicted molar refractivity (Wildman–Crippen MR) is 63.9 cm³/mol. The zero-order valence-electron chi connectivity index (χ0n) is 9.24. The van der Waals surface area contributed by atoms with Crippen molar-refractivity contribution in [3.8, 4) is 0 Å². The van der Waals surface area contributed by atoms with Crippen LogP contribution in [0, 0.1) is 5.92 Å². The molecule has 3 heteroatoms. The summed E-state index contributed by atoms with van der Waals surface area (Å²) in [6, 6.07) is 5.94. The summed E-state index contributed by atoms with van der Waals surface area (Å²) in [4.78, 5) is 10.8. The van der Waals surface area contributed by atoms with Crippen LogP contribution in [0.15, 0.2) is 18.2 Å². The van der Waals surface area contributed by atoms with Gasteiger partial charge in [0.2, 0.25) is 0 Å². The van der Waals surface area contributed by atoms with Gasteiger partial charge in [-0.05, 0) is 41.9 Å². The zero-order chi connectivity index (χ0) is 11.7. The Bertz CT molecular complexity index is 414. The highest BCUT2D eigenvalue weighted by Gasteiger charge is 2.29. The molecule has 0 saturated heterocycles. The summed E-state index contributed by atoms with van der Waals surface area (Å²) < 4.78 is 0. The molecule has 1 N–H and O–H groups in total. The Morgan fingerprint density at radius 1 is 1.56 bits per heavy atom. The molecule has 0 amide bonds. The summed E-state index contributed by atoms with van der Waals surface area (Å²) >= 11 is 6.19. The van der Waals surface area contributed by atoms with Gasteiger partial charge in [-0.25, -0.2) is 0 Å². The molecule has 0 radical (unpaired) electrons. The number of halogens is 1. The van der Waals surface area contributed by atoms with Gasteiger partial charge >= 0.3 is 5.97 Å². The Labute approximate surface area is 100 Å². The van der Waals surface area contributed by atoms with Crippen molar-refractivity contribution in [3.05, 3.63) is 34.3 Å². The minimum atomic E-state index is -0.715. The van der Waals surface area contributed by atoms with E-state index >= 15 is 0 Å². The van der Waals surface area contributed by atoms with Crippen LogP contribution in [-0.4, -0.2) is 11.1 Å². The van der Waals surface area contributed by atoms with E-state index in [-0.39, 0.29) is 18.3 Å². The Hall–Kier alpha value is -1.02. The third kappa shape index (κ3) is 2.07. The first kappa shape index (κ1) is 11.5. The number of carboxylic acid groups (broad SMARTS) is 1. The van der Waals surface area contributed by atoms with Crippen molar-refractivity contribution in [2.24, 2.45) is 5.92 Å². The van der Waals surface area contributed by atoms with E-state index in [9.17, 15) is 4.79 Å². The molecule has 0 saturated carbocycles. The molecule has 0 aliphatic heterocycles. The maximum atomic E-state index is 10.8. The van der Waals surface area contributed by atoms with Gasteiger partial charge in [-0.3, -0.25) is 4.79 Å². The van der Waals surface area contributed by atoms with Crippen LogP contribution in [-0.2, 0) is 11.2 Å². The van der Waals surface area contributed by atoms with E-state index in [1.807, 2.05) is 12.1 Å². The van der Waals surface area contributed by atoms with Crippen molar-refractivity contribution >= 4 is 17.6 Å². The summed E-state index contributed by atoms with van der Waals surface area (Å²) in [6.45, 7) is 2.08. The summed E-state index contributed by atoms with van der Waals surface area (Å²) in [5.74, 6) is -0.259.